The van der Waals surface area contributed by atoms with Crippen molar-refractivity contribution in [2.45, 2.75) is 32.9 Å². The monoisotopic (exact) mass is 318 g/mol. The number of morpholine rings is 1. The lowest BCUT2D eigenvalue weighted by atomic mass is 10.1. The molecule has 0 aromatic carbocycles. The van der Waals surface area contributed by atoms with Gasteiger partial charge in [0.15, 0.2) is 5.82 Å². The van der Waals surface area contributed by atoms with Crippen LogP contribution in [0.5, 0.6) is 0 Å². The summed E-state index contributed by atoms with van der Waals surface area (Å²) in [5.41, 5.74) is 0. The Bertz CT molecular complexity index is 559. The molecule has 120 valence electrons. The minimum absolute atomic E-state index is 0.0821. The average Bonchev–Trinajstić information content (AvgIpc) is 2.85. The van der Waals surface area contributed by atoms with Crippen LogP contribution in [0.2, 0.25) is 0 Å². The van der Waals surface area contributed by atoms with Crippen LogP contribution in [0.3, 0.4) is 0 Å². The topological polar surface area (TPSA) is 97.6 Å². The third-order valence-electron chi connectivity index (χ3n) is 3.49. The molecule has 1 N–H and O–H groups in total. The van der Waals surface area contributed by atoms with Gasteiger partial charge in [0.1, 0.15) is 6.04 Å². The number of nitrogens with zero attached hydrogens (tertiary/aromatic N) is 3. The van der Waals surface area contributed by atoms with E-state index in [1.807, 2.05) is 6.92 Å². The average molecular weight is 318 g/mol. The first-order valence-corrected chi connectivity index (χ1v) is 8.71. The van der Waals surface area contributed by atoms with Gasteiger partial charge in [0.25, 0.3) is 0 Å². The first-order valence-electron chi connectivity index (χ1n) is 7.06. The molecule has 0 radical (unpaired) electrons. The van der Waals surface area contributed by atoms with Crippen LogP contribution >= 0.6 is 0 Å². The van der Waals surface area contributed by atoms with Gasteiger partial charge in [0.05, 0.1) is 18.5 Å². The summed E-state index contributed by atoms with van der Waals surface area (Å²) >= 11 is 0. The standard InChI is InChI=1S/C12H22N4O4S/c1-4-21(17,18)13-5-6-16-7-8-19-9(2)11(16)12-14-10(3)15-20-12/h9,11,13H,4-8H2,1-3H3/t9-,11+/m1/s1. The number of aryl methyl sites for hydroxylation is 1. The van der Waals surface area contributed by atoms with Gasteiger partial charge < -0.3 is 9.26 Å². The van der Waals surface area contributed by atoms with Gasteiger partial charge >= 0.3 is 0 Å². The highest BCUT2D eigenvalue weighted by Gasteiger charge is 2.34. The fourth-order valence-corrected chi connectivity index (χ4v) is 2.98. The second kappa shape index (κ2) is 6.82. The molecule has 2 rings (SSSR count). The zero-order valence-electron chi connectivity index (χ0n) is 12.6. The molecule has 1 saturated heterocycles. The number of sulfonamides is 1. The molecule has 1 fully saturated rings. The van der Waals surface area contributed by atoms with Crippen LogP contribution < -0.4 is 4.72 Å². The smallest absolute Gasteiger partial charge is 0.246 e. The minimum atomic E-state index is -3.17. The first kappa shape index (κ1) is 16.3. The van der Waals surface area contributed by atoms with E-state index in [1.165, 1.54) is 0 Å². The fourth-order valence-electron chi connectivity index (χ4n) is 2.37. The Balaban J connectivity index is 2.02. The molecule has 2 atom stereocenters. The fraction of sp³-hybridized carbons (Fsp3) is 0.833. The van der Waals surface area contributed by atoms with Gasteiger partial charge in [-0.3, -0.25) is 4.90 Å². The number of rotatable bonds is 6. The molecule has 9 heteroatoms. The van der Waals surface area contributed by atoms with E-state index in [0.29, 0.717) is 38.0 Å². The van der Waals surface area contributed by atoms with Crippen LogP contribution in [0.25, 0.3) is 0 Å². The molecule has 1 aromatic heterocycles. The van der Waals surface area contributed by atoms with Gasteiger partial charge in [0.2, 0.25) is 15.9 Å². The van der Waals surface area contributed by atoms with Crippen molar-refractivity contribution in [1.82, 2.24) is 19.8 Å². The molecular formula is C12H22N4O4S. The lowest BCUT2D eigenvalue weighted by Crippen LogP contribution is -2.47. The summed E-state index contributed by atoms with van der Waals surface area (Å²) in [5, 5.41) is 3.81. The quantitative estimate of drug-likeness (QED) is 0.793. The summed E-state index contributed by atoms with van der Waals surface area (Å²) in [6.45, 7) is 7.55. The molecule has 8 nitrogen and oxygen atoms in total. The van der Waals surface area contributed by atoms with Crippen LogP contribution in [-0.4, -0.2) is 61.6 Å². The van der Waals surface area contributed by atoms with Gasteiger partial charge in [-0.15, -0.1) is 0 Å². The normalized spacial score (nSPS) is 24.3. The number of hydrogen-bond donors (Lipinski definition) is 1. The van der Waals surface area contributed by atoms with Crippen molar-refractivity contribution in [3.8, 4) is 0 Å². The van der Waals surface area contributed by atoms with E-state index in [1.54, 1.807) is 13.8 Å². The third kappa shape index (κ3) is 4.22. The predicted molar refractivity (Wildman–Crippen MR) is 76.2 cm³/mol. The van der Waals surface area contributed by atoms with Crippen molar-refractivity contribution in [1.29, 1.82) is 0 Å². The van der Waals surface area contributed by atoms with Crippen LogP contribution in [0.4, 0.5) is 0 Å². The molecule has 0 spiro atoms. The van der Waals surface area contributed by atoms with E-state index in [2.05, 4.69) is 19.8 Å². The highest BCUT2D eigenvalue weighted by molar-refractivity contribution is 7.89. The highest BCUT2D eigenvalue weighted by Crippen LogP contribution is 2.27. The maximum atomic E-state index is 11.5. The Morgan fingerprint density at radius 1 is 1.48 bits per heavy atom. The van der Waals surface area contributed by atoms with Gasteiger partial charge in [-0.2, -0.15) is 4.98 Å². The molecule has 0 saturated carbocycles. The zero-order valence-corrected chi connectivity index (χ0v) is 13.4. The van der Waals surface area contributed by atoms with E-state index >= 15 is 0 Å². The summed E-state index contributed by atoms with van der Waals surface area (Å²) in [6.07, 6.45) is -0.0821. The summed E-state index contributed by atoms with van der Waals surface area (Å²) in [5.74, 6) is 1.17. The molecule has 2 heterocycles. The third-order valence-corrected chi connectivity index (χ3v) is 4.90. The van der Waals surface area contributed by atoms with Crippen molar-refractivity contribution in [2.24, 2.45) is 0 Å². The zero-order chi connectivity index (χ0) is 15.5. The van der Waals surface area contributed by atoms with E-state index in [4.69, 9.17) is 9.26 Å². The SMILES string of the molecule is CCS(=O)(=O)NCCN1CCO[C@H](C)[C@H]1c1nc(C)no1. The van der Waals surface area contributed by atoms with Crippen molar-refractivity contribution < 1.29 is 17.7 Å². The summed E-state index contributed by atoms with van der Waals surface area (Å²) in [6, 6.07) is -0.147. The number of hydrogen-bond acceptors (Lipinski definition) is 7. The molecule has 0 unspecified atom stereocenters. The van der Waals surface area contributed by atoms with Crippen LogP contribution in [-0.2, 0) is 14.8 Å². The Kier molecular flexibility index (Phi) is 5.31. The molecular weight excluding hydrogens is 296 g/mol. The second-order valence-corrected chi connectivity index (χ2v) is 7.13. The van der Waals surface area contributed by atoms with E-state index in [9.17, 15) is 8.42 Å². The maximum absolute atomic E-state index is 11.5. The van der Waals surface area contributed by atoms with Gasteiger partial charge in [-0.1, -0.05) is 5.16 Å². The highest BCUT2D eigenvalue weighted by atomic mass is 32.2. The minimum Gasteiger partial charge on any atom is -0.375 e. The Morgan fingerprint density at radius 3 is 2.86 bits per heavy atom. The Morgan fingerprint density at radius 2 is 2.24 bits per heavy atom. The van der Waals surface area contributed by atoms with E-state index in [0.717, 1.165) is 0 Å². The largest absolute Gasteiger partial charge is 0.375 e. The number of nitrogens with one attached hydrogen (secondary N) is 1. The lowest BCUT2D eigenvalue weighted by Gasteiger charge is -2.37. The van der Waals surface area contributed by atoms with E-state index in [-0.39, 0.29) is 17.9 Å². The van der Waals surface area contributed by atoms with Crippen LogP contribution in [0.1, 0.15) is 31.6 Å². The Hall–Kier alpha value is -1.03. The van der Waals surface area contributed by atoms with Crippen molar-refractivity contribution in [2.75, 3.05) is 32.0 Å². The van der Waals surface area contributed by atoms with Crippen molar-refractivity contribution in [3.63, 3.8) is 0 Å². The van der Waals surface area contributed by atoms with Crippen molar-refractivity contribution in [3.05, 3.63) is 11.7 Å². The lowest BCUT2D eigenvalue weighted by molar-refractivity contribution is -0.0718. The Labute approximate surface area is 124 Å². The summed E-state index contributed by atoms with van der Waals surface area (Å²) in [4.78, 5) is 6.38. The first-order chi connectivity index (χ1) is 9.93. The molecule has 0 amide bonds. The second-order valence-electron chi connectivity index (χ2n) is 5.03. The predicted octanol–water partition coefficient (Wildman–Crippen LogP) is 0.0791. The molecule has 0 aliphatic carbocycles. The molecule has 0 bridgehead atoms. The van der Waals surface area contributed by atoms with Crippen LogP contribution in [0.15, 0.2) is 4.52 Å². The summed E-state index contributed by atoms with van der Waals surface area (Å²) < 4.78 is 36.4. The molecule has 1 aliphatic rings. The van der Waals surface area contributed by atoms with Crippen molar-refractivity contribution >= 4 is 10.0 Å². The van der Waals surface area contributed by atoms with E-state index < -0.39 is 10.0 Å². The molecule has 1 aliphatic heterocycles. The van der Waals surface area contributed by atoms with Gasteiger partial charge in [-0.05, 0) is 20.8 Å². The summed E-state index contributed by atoms with van der Waals surface area (Å²) in [7, 11) is -3.17. The van der Waals surface area contributed by atoms with Crippen LogP contribution in [0, 0.1) is 6.92 Å². The molecule has 1 aromatic rings. The van der Waals surface area contributed by atoms with Gasteiger partial charge in [-0.25, -0.2) is 13.1 Å². The number of aromatic nitrogens is 2. The maximum Gasteiger partial charge on any atom is 0.246 e. The molecule has 21 heavy (non-hydrogen) atoms. The number of ether oxygens (including phenoxy) is 1. The van der Waals surface area contributed by atoms with Gasteiger partial charge in [0, 0.05) is 19.6 Å².